The Morgan fingerprint density at radius 1 is 0.927 bits per heavy atom. The Morgan fingerprint density at radius 3 is 2.51 bits per heavy atom. The fourth-order valence-electron chi connectivity index (χ4n) is 6.05. The maximum atomic E-state index is 4.90. The molecule has 0 bridgehead atoms. The number of nitrogens with zero attached hydrogens (tertiary/aromatic N) is 9. The molecule has 1 fully saturated rings. The van der Waals surface area contributed by atoms with Gasteiger partial charge in [0, 0.05) is 23.6 Å². The first kappa shape index (κ1) is 25.3. The SMILES string of the molecule is CCc1nc2c(C)cc(C)nc2n1Cc1ccc(-c2cc(-n3cc(C4CCCC4)nn3)ccc2-c2nn[nH]n2)cc1. The van der Waals surface area contributed by atoms with Crippen LogP contribution in [-0.2, 0) is 13.0 Å². The minimum Gasteiger partial charge on any atom is -0.308 e. The van der Waals surface area contributed by atoms with Crippen LogP contribution in [-0.4, -0.2) is 50.2 Å². The van der Waals surface area contributed by atoms with Crippen LogP contribution in [0.2, 0.25) is 0 Å². The molecule has 6 aromatic rings. The highest BCUT2D eigenvalue weighted by atomic mass is 15.5. The van der Waals surface area contributed by atoms with Crippen LogP contribution in [0.3, 0.4) is 0 Å². The lowest BCUT2D eigenvalue weighted by molar-refractivity contribution is 0.690. The van der Waals surface area contributed by atoms with Crippen molar-refractivity contribution < 1.29 is 0 Å². The molecule has 0 aliphatic heterocycles. The van der Waals surface area contributed by atoms with Gasteiger partial charge in [0.1, 0.15) is 11.3 Å². The minimum atomic E-state index is 0.512. The van der Waals surface area contributed by atoms with Gasteiger partial charge in [-0.05, 0) is 78.4 Å². The van der Waals surface area contributed by atoms with Crippen molar-refractivity contribution in [1.29, 1.82) is 0 Å². The second kappa shape index (κ2) is 10.3. The Morgan fingerprint density at radius 2 is 1.76 bits per heavy atom. The van der Waals surface area contributed by atoms with Crippen LogP contribution in [0.4, 0.5) is 0 Å². The summed E-state index contributed by atoms with van der Waals surface area (Å²) in [6.07, 6.45) is 7.84. The predicted octanol–water partition coefficient (Wildman–Crippen LogP) is 5.74. The second-order valence-corrected chi connectivity index (χ2v) is 11.0. The largest absolute Gasteiger partial charge is 0.308 e. The van der Waals surface area contributed by atoms with Crippen molar-refractivity contribution in [1.82, 2.24) is 50.2 Å². The number of imidazole rings is 1. The summed E-state index contributed by atoms with van der Waals surface area (Å²) in [5, 5.41) is 23.9. The first-order chi connectivity index (χ1) is 20.1. The van der Waals surface area contributed by atoms with Gasteiger partial charge in [0.25, 0.3) is 0 Å². The fourth-order valence-corrected chi connectivity index (χ4v) is 6.05. The van der Waals surface area contributed by atoms with E-state index in [0.717, 1.165) is 62.7 Å². The Bertz CT molecular complexity index is 1820. The molecule has 7 rings (SSSR count). The highest BCUT2D eigenvalue weighted by Crippen LogP contribution is 2.35. The smallest absolute Gasteiger partial charge is 0.205 e. The number of aromatic nitrogens is 10. The lowest BCUT2D eigenvalue weighted by Crippen LogP contribution is -2.05. The molecule has 10 nitrogen and oxygen atoms in total. The van der Waals surface area contributed by atoms with Gasteiger partial charge in [-0.2, -0.15) is 5.21 Å². The predicted molar refractivity (Wildman–Crippen MR) is 157 cm³/mol. The fraction of sp³-hybridized carbons (Fsp3) is 0.323. The number of aryl methyl sites for hydroxylation is 3. The van der Waals surface area contributed by atoms with Crippen molar-refractivity contribution in [3.63, 3.8) is 0 Å². The summed E-state index contributed by atoms with van der Waals surface area (Å²) in [5.74, 6) is 2.11. The third kappa shape index (κ3) is 4.69. The lowest BCUT2D eigenvalue weighted by atomic mass is 9.97. The Kier molecular flexibility index (Phi) is 6.37. The minimum absolute atomic E-state index is 0.512. The summed E-state index contributed by atoms with van der Waals surface area (Å²) >= 11 is 0. The van der Waals surface area contributed by atoms with Crippen LogP contribution in [0.25, 0.3) is 39.4 Å². The average molecular weight is 545 g/mol. The van der Waals surface area contributed by atoms with Gasteiger partial charge in [0.2, 0.25) is 5.82 Å². The number of H-pyrrole nitrogens is 1. The van der Waals surface area contributed by atoms with Crippen LogP contribution in [0.1, 0.15) is 66.9 Å². The van der Waals surface area contributed by atoms with E-state index in [0.29, 0.717) is 18.3 Å². The van der Waals surface area contributed by atoms with Crippen LogP contribution in [0.5, 0.6) is 0 Å². The average Bonchev–Trinajstić information content (AvgIpc) is 3.81. The Labute approximate surface area is 237 Å². The lowest BCUT2D eigenvalue weighted by Gasteiger charge is -2.12. The molecule has 2 aromatic carbocycles. The Hall–Kier alpha value is -4.73. The first-order valence-electron chi connectivity index (χ1n) is 14.3. The van der Waals surface area contributed by atoms with E-state index < -0.39 is 0 Å². The van der Waals surface area contributed by atoms with Crippen LogP contribution >= 0.6 is 0 Å². The zero-order valence-electron chi connectivity index (χ0n) is 23.5. The van der Waals surface area contributed by atoms with E-state index in [1.165, 1.54) is 31.2 Å². The third-order valence-corrected chi connectivity index (χ3v) is 8.16. The van der Waals surface area contributed by atoms with Crippen LogP contribution in [0.15, 0.2) is 54.7 Å². The zero-order chi connectivity index (χ0) is 27.9. The summed E-state index contributed by atoms with van der Waals surface area (Å²) < 4.78 is 4.11. The molecule has 1 N–H and O–H groups in total. The maximum absolute atomic E-state index is 4.90. The van der Waals surface area contributed by atoms with Crippen molar-refractivity contribution >= 4 is 11.2 Å². The molecule has 0 atom stereocenters. The van der Waals surface area contributed by atoms with Gasteiger partial charge >= 0.3 is 0 Å². The molecule has 41 heavy (non-hydrogen) atoms. The Balaban J connectivity index is 1.24. The summed E-state index contributed by atoms with van der Waals surface area (Å²) in [7, 11) is 0. The third-order valence-electron chi connectivity index (χ3n) is 8.16. The number of rotatable bonds is 7. The van der Waals surface area contributed by atoms with E-state index in [-0.39, 0.29) is 0 Å². The number of tetrazole rings is 1. The second-order valence-electron chi connectivity index (χ2n) is 11.0. The van der Waals surface area contributed by atoms with E-state index >= 15 is 0 Å². The standard InChI is InChI=1S/C31H32N10/c1-4-28-33-29-19(2)15-20(3)32-31(29)40(28)17-21-9-11-22(12-10-21)26-16-24(13-14-25(26)30-35-37-38-36-30)41-18-27(34-39-41)23-7-5-6-8-23/h9-16,18,23H,4-8,17H2,1-3H3,(H,35,36,37,38). The topological polar surface area (TPSA) is 116 Å². The van der Waals surface area contributed by atoms with E-state index in [4.69, 9.17) is 9.97 Å². The van der Waals surface area contributed by atoms with Gasteiger partial charge < -0.3 is 4.57 Å². The summed E-state index contributed by atoms with van der Waals surface area (Å²) in [4.78, 5) is 9.74. The molecule has 0 saturated heterocycles. The summed E-state index contributed by atoms with van der Waals surface area (Å²) in [6.45, 7) is 6.99. The van der Waals surface area contributed by atoms with Crippen LogP contribution < -0.4 is 0 Å². The molecule has 4 aromatic heterocycles. The molecule has 0 unspecified atom stereocenters. The summed E-state index contributed by atoms with van der Waals surface area (Å²) in [6, 6.07) is 16.9. The van der Waals surface area contributed by atoms with Gasteiger partial charge in [0.15, 0.2) is 5.65 Å². The van der Waals surface area contributed by atoms with Crippen molar-refractivity contribution in [2.45, 2.75) is 65.3 Å². The molecule has 0 amide bonds. The molecular formula is C31H32N10. The highest BCUT2D eigenvalue weighted by molar-refractivity contribution is 5.82. The number of nitrogens with one attached hydrogen (secondary N) is 1. The summed E-state index contributed by atoms with van der Waals surface area (Å²) in [5.41, 5.74) is 10.3. The van der Waals surface area contributed by atoms with Gasteiger partial charge in [-0.1, -0.05) is 49.2 Å². The van der Waals surface area contributed by atoms with E-state index in [1.807, 2.05) is 23.7 Å². The number of fused-ring (bicyclic) bond motifs is 1. The highest BCUT2D eigenvalue weighted by Gasteiger charge is 2.21. The number of pyridine rings is 1. The maximum Gasteiger partial charge on any atom is 0.205 e. The molecule has 206 valence electrons. The van der Waals surface area contributed by atoms with E-state index in [1.54, 1.807) is 0 Å². The van der Waals surface area contributed by atoms with Crippen molar-refractivity contribution in [2.24, 2.45) is 0 Å². The molecule has 0 radical (unpaired) electrons. The normalized spacial score (nSPS) is 13.9. The number of benzene rings is 2. The van der Waals surface area contributed by atoms with Gasteiger partial charge in [-0.25, -0.2) is 14.6 Å². The number of hydrogen-bond donors (Lipinski definition) is 1. The van der Waals surface area contributed by atoms with Crippen LogP contribution in [0, 0.1) is 13.8 Å². The number of aromatic amines is 1. The molecule has 0 spiro atoms. The van der Waals surface area contributed by atoms with Crippen molar-refractivity contribution in [3.8, 4) is 28.2 Å². The first-order valence-corrected chi connectivity index (χ1v) is 14.3. The van der Waals surface area contributed by atoms with Gasteiger partial charge in [-0.15, -0.1) is 15.3 Å². The zero-order valence-corrected chi connectivity index (χ0v) is 23.5. The molecule has 1 saturated carbocycles. The quantitative estimate of drug-likeness (QED) is 0.272. The monoisotopic (exact) mass is 544 g/mol. The molecular weight excluding hydrogens is 512 g/mol. The molecule has 1 aliphatic rings. The molecule has 1 aliphatic carbocycles. The van der Waals surface area contributed by atoms with E-state index in [2.05, 4.69) is 91.9 Å². The molecule has 10 heteroatoms. The van der Waals surface area contributed by atoms with E-state index in [9.17, 15) is 0 Å². The van der Waals surface area contributed by atoms with Crippen molar-refractivity contribution in [3.05, 3.63) is 83.1 Å². The van der Waals surface area contributed by atoms with Gasteiger partial charge in [-0.3, -0.25) is 0 Å². The van der Waals surface area contributed by atoms with Crippen molar-refractivity contribution in [2.75, 3.05) is 0 Å². The molecule has 4 heterocycles. The number of hydrogen-bond acceptors (Lipinski definition) is 7. The van der Waals surface area contributed by atoms with Gasteiger partial charge in [0.05, 0.1) is 24.1 Å².